The molecule has 0 fully saturated rings. The molecule has 0 amide bonds. The van der Waals surface area contributed by atoms with Crippen molar-refractivity contribution < 1.29 is 13.9 Å². The van der Waals surface area contributed by atoms with Crippen molar-refractivity contribution in [2.45, 2.75) is 26.6 Å². The summed E-state index contributed by atoms with van der Waals surface area (Å²) in [6.07, 6.45) is 0.561. The number of alkyl halides is 1. The zero-order valence-electron chi connectivity index (χ0n) is 9.57. The van der Waals surface area contributed by atoms with E-state index in [2.05, 4.69) is 4.98 Å². The van der Waals surface area contributed by atoms with Crippen LogP contribution in [0.4, 0.5) is 4.39 Å². The van der Waals surface area contributed by atoms with Crippen molar-refractivity contribution in [3.8, 4) is 11.6 Å². The number of nitrogens with two attached hydrogens (primary N) is 1. The van der Waals surface area contributed by atoms with Crippen LogP contribution in [0.15, 0.2) is 12.3 Å². The van der Waals surface area contributed by atoms with Gasteiger partial charge in [-0.25, -0.2) is 9.37 Å². The van der Waals surface area contributed by atoms with Gasteiger partial charge in [0.05, 0.1) is 6.61 Å². The van der Waals surface area contributed by atoms with E-state index in [0.29, 0.717) is 24.8 Å². The zero-order chi connectivity index (χ0) is 12.0. The Labute approximate surface area is 94.6 Å². The van der Waals surface area contributed by atoms with E-state index in [1.54, 1.807) is 12.3 Å². The highest BCUT2D eigenvalue weighted by molar-refractivity contribution is 5.36. The molecule has 5 heteroatoms. The van der Waals surface area contributed by atoms with Crippen LogP contribution in [0.3, 0.4) is 0 Å². The monoisotopic (exact) mass is 228 g/mol. The Bertz CT molecular complexity index is 332. The number of hydrogen-bond acceptors (Lipinski definition) is 4. The minimum atomic E-state index is -1.04. The zero-order valence-corrected chi connectivity index (χ0v) is 9.57. The van der Waals surface area contributed by atoms with Crippen molar-refractivity contribution >= 4 is 0 Å². The van der Waals surface area contributed by atoms with Crippen molar-refractivity contribution in [3.05, 3.63) is 17.8 Å². The van der Waals surface area contributed by atoms with Crippen LogP contribution in [-0.2, 0) is 6.54 Å². The summed E-state index contributed by atoms with van der Waals surface area (Å²) in [6, 6.07) is 1.76. The van der Waals surface area contributed by atoms with Gasteiger partial charge in [0.15, 0.2) is 5.75 Å². The molecule has 0 bridgehead atoms. The molecule has 1 aromatic heterocycles. The SMILES string of the molecule is CCOc1cc(CN)cnc1OCC(C)F. The average molecular weight is 228 g/mol. The van der Waals surface area contributed by atoms with Crippen LogP contribution in [0.25, 0.3) is 0 Å². The highest BCUT2D eigenvalue weighted by Crippen LogP contribution is 2.25. The molecule has 0 aromatic carbocycles. The molecule has 0 aliphatic rings. The van der Waals surface area contributed by atoms with Gasteiger partial charge < -0.3 is 15.2 Å². The lowest BCUT2D eigenvalue weighted by Crippen LogP contribution is -2.11. The fraction of sp³-hybridized carbons (Fsp3) is 0.545. The Kier molecular flexibility index (Phi) is 4.98. The Morgan fingerprint density at radius 3 is 2.81 bits per heavy atom. The van der Waals surface area contributed by atoms with E-state index in [-0.39, 0.29) is 6.61 Å². The van der Waals surface area contributed by atoms with Gasteiger partial charge in [-0.15, -0.1) is 0 Å². The van der Waals surface area contributed by atoms with Crippen molar-refractivity contribution in [1.29, 1.82) is 0 Å². The average Bonchev–Trinajstić information content (AvgIpc) is 2.27. The van der Waals surface area contributed by atoms with Crippen molar-refractivity contribution in [3.63, 3.8) is 0 Å². The fourth-order valence-electron chi connectivity index (χ4n) is 1.15. The summed E-state index contributed by atoms with van der Waals surface area (Å²) >= 11 is 0. The number of aromatic nitrogens is 1. The molecule has 4 nitrogen and oxygen atoms in total. The van der Waals surface area contributed by atoms with Crippen LogP contribution < -0.4 is 15.2 Å². The molecule has 1 aromatic rings. The third kappa shape index (κ3) is 3.66. The van der Waals surface area contributed by atoms with Gasteiger partial charge in [-0.05, 0) is 25.5 Å². The molecule has 0 radical (unpaired) electrons. The maximum atomic E-state index is 12.6. The maximum Gasteiger partial charge on any atom is 0.257 e. The Balaban J connectivity index is 2.80. The molecule has 0 aliphatic carbocycles. The van der Waals surface area contributed by atoms with Gasteiger partial charge in [0.1, 0.15) is 12.8 Å². The number of halogens is 1. The summed E-state index contributed by atoms with van der Waals surface area (Å²) in [5, 5.41) is 0. The van der Waals surface area contributed by atoms with E-state index in [9.17, 15) is 4.39 Å². The van der Waals surface area contributed by atoms with Gasteiger partial charge in [0, 0.05) is 12.7 Å². The lowest BCUT2D eigenvalue weighted by atomic mass is 10.3. The highest BCUT2D eigenvalue weighted by atomic mass is 19.1. The molecule has 16 heavy (non-hydrogen) atoms. The highest BCUT2D eigenvalue weighted by Gasteiger charge is 2.09. The summed E-state index contributed by atoms with van der Waals surface area (Å²) in [6.45, 7) is 4.13. The standard InChI is InChI=1S/C11H17FN2O2/c1-3-15-10-4-9(5-13)6-14-11(10)16-7-8(2)12/h4,6,8H,3,5,7,13H2,1-2H3. The predicted octanol–water partition coefficient (Wildman–Crippen LogP) is 1.68. The van der Waals surface area contributed by atoms with Crippen LogP contribution in [0, 0.1) is 0 Å². The first-order chi connectivity index (χ1) is 7.67. The molecule has 1 atom stereocenters. The topological polar surface area (TPSA) is 57.4 Å². The Morgan fingerprint density at radius 1 is 1.50 bits per heavy atom. The van der Waals surface area contributed by atoms with E-state index >= 15 is 0 Å². The second kappa shape index (κ2) is 6.27. The minimum absolute atomic E-state index is 0.0327. The third-order valence-electron chi connectivity index (χ3n) is 1.86. The fourth-order valence-corrected chi connectivity index (χ4v) is 1.15. The lowest BCUT2D eigenvalue weighted by molar-refractivity contribution is 0.194. The van der Waals surface area contributed by atoms with Gasteiger partial charge in [-0.1, -0.05) is 0 Å². The largest absolute Gasteiger partial charge is 0.488 e. The summed E-state index contributed by atoms with van der Waals surface area (Å²) in [4.78, 5) is 4.05. The number of hydrogen-bond donors (Lipinski definition) is 1. The van der Waals surface area contributed by atoms with Crippen molar-refractivity contribution in [1.82, 2.24) is 4.98 Å². The number of rotatable bonds is 6. The van der Waals surface area contributed by atoms with Gasteiger partial charge in [-0.2, -0.15) is 0 Å². The molecule has 2 N–H and O–H groups in total. The molecule has 1 rings (SSSR count). The Hall–Kier alpha value is -1.36. The van der Waals surface area contributed by atoms with E-state index in [1.165, 1.54) is 6.92 Å². The molecule has 0 spiro atoms. The first-order valence-electron chi connectivity index (χ1n) is 5.26. The molecule has 1 heterocycles. The third-order valence-corrected chi connectivity index (χ3v) is 1.86. The molecule has 0 saturated heterocycles. The molecular weight excluding hydrogens is 211 g/mol. The van der Waals surface area contributed by atoms with Gasteiger partial charge >= 0.3 is 0 Å². The van der Waals surface area contributed by atoms with E-state index < -0.39 is 6.17 Å². The van der Waals surface area contributed by atoms with Crippen LogP contribution in [0.2, 0.25) is 0 Å². The minimum Gasteiger partial charge on any atom is -0.488 e. The van der Waals surface area contributed by atoms with Crippen LogP contribution in [-0.4, -0.2) is 24.4 Å². The normalized spacial score (nSPS) is 12.2. The van der Waals surface area contributed by atoms with Gasteiger partial charge in [0.25, 0.3) is 5.88 Å². The van der Waals surface area contributed by atoms with Crippen LogP contribution in [0.5, 0.6) is 11.6 Å². The first-order valence-corrected chi connectivity index (χ1v) is 5.26. The summed E-state index contributed by atoms with van der Waals surface area (Å²) in [7, 11) is 0. The van der Waals surface area contributed by atoms with Crippen LogP contribution >= 0.6 is 0 Å². The van der Waals surface area contributed by atoms with Gasteiger partial charge in [-0.3, -0.25) is 0 Å². The van der Waals surface area contributed by atoms with Crippen molar-refractivity contribution in [2.75, 3.05) is 13.2 Å². The molecule has 0 aliphatic heterocycles. The van der Waals surface area contributed by atoms with Gasteiger partial charge in [0.2, 0.25) is 0 Å². The second-order valence-corrected chi connectivity index (χ2v) is 3.38. The second-order valence-electron chi connectivity index (χ2n) is 3.38. The predicted molar refractivity (Wildman–Crippen MR) is 59.4 cm³/mol. The molecular formula is C11H17FN2O2. The lowest BCUT2D eigenvalue weighted by Gasteiger charge is -2.12. The first kappa shape index (κ1) is 12.7. The summed E-state index contributed by atoms with van der Waals surface area (Å²) in [5.74, 6) is 0.814. The molecule has 0 saturated carbocycles. The van der Waals surface area contributed by atoms with Crippen molar-refractivity contribution in [2.24, 2.45) is 5.73 Å². The number of pyridine rings is 1. The molecule has 90 valence electrons. The smallest absolute Gasteiger partial charge is 0.257 e. The molecule has 1 unspecified atom stereocenters. The number of ether oxygens (including phenoxy) is 2. The summed E-state index contributed by atoms with van der Waals surface area (Å²) in [5.41, 5.74) is 6.34. The Morgan fingerprint density at radius 2 is 2.25 bits per heavy atom. The van der Waals surface area contributed by atoms with E-state index in [1.807, 2.05) is 6.92 Å². The number of nitrogens with zero attached hydrogens (tertiary/aromatic N) is 1. The van der Waals surface area contributed by atoms with Crippen LogP contribution in [0.1, 0.15) is 19.4 Å². The quantitative estimate of drug-likeness (QED) is 0.804. The van der Waals surface area contributed by atoms with E-state index in [0.717, 1.165) is 5.56 Å². The van der Waals surface area contributed by atoms with E-state index in [4.69, 9.17) is 15.2 Å². The maximum absolute atomic E-state index is 12.6. The summed E-state index contributed by atoms with van der Waals surface area (Å²) < 4.78 is 23.2.